The van der Waals surface area contributed by atoms with E-state index in [1.807, 2.05) is 36.4 Å². The quantitative estimate of drug-likeness (QED) is 0.124. The van der Waals surface area contributed by atoms with Gasteiger partial charge in [0, 0.05) is 25.2 Å². The summed E-state index contributed by atoms with van der Waals surface area (Å²) in [5, 5.41) is 5.08. The van der Waals surface area contributed by atoms with E-state index in [9.17, 15) is 35.9 Å². The number of alkyl halides is 6. The van der Waals surface area contributed by atoms with Crippen molar-refractivity contribution in [1.82, 2.24) is 15.5 Å². The van der Waals surface area contributed by atoms with Gasteiger partial charge in [-0.3, -0.25) is 14.5 Å². The number of carbonyl (C=O) groups excluding carboxylic acids is 2. The molecule has 4 aromatic carbocycles. The average Bonchev–Trinajstić information content (AvgIpc) is 3.41. The van der Waals surface area contributed by atoms with Gasteiger partial charge in [-0.05, 0) is 71.0 Å². The number of nitrogens with zero attached hydrogens (tertiary/aromatic N) is 1. The molecule has 268 valence electrons. The van der Waals surface area contributed by atoms with E-state index < -0.39 is 35.8 Å². The normalized spacial score (nSPS) is 17.0. The number of halogens is 6. The molecular weight excluding hydrogens is 672 g/mol. The van der Waals surface area contributed by atoms with E-state index in [1.54, 1.807) is 36.4 Å². The molecule has 0 bridgehead atoms. The standard InChI is InChI=1S/C39H37F6N3O3/c40-38(41,42)25-47-36(50)37(33-13-5-3-10-30(33)31-11-4-6-14-34(31)37)19-7-8-20-48-21-22-51-28(24-48)23-46-35(49)32-12-2-1-9-29(32)26-15-17-27(18-16-26)39(43,44)45/h1-6,9-18,28H,7-8,19-25H2,(H,46,49)(H,47,50). The highest BCUT2D eigenvalue weighted by Gasteiger charge is 2.49. The van der Waals surface area contributed by atoms with Crippen molar-refractivity contribution in [2.24, 2.45) is 0 Å². The number of fused-ring (bicyclic) bond motifs is 3. The van der Waals surface area contributed by atoms with Crippen LogP contribution in [0, 0.1) is 0 Å². The smallest absolute Gasteiger partial charge is 0.374 e. The van der Waals surface area contributed by atoms with Crippen LogP contribution in [-0.2, 0) is 21.1 Å². The Morgan fingerprint density at radius 2 is 1.37 bits per heavy atom. The van der Waals surface area contributed by atoms with Crippen LogP contribution in [0.15, 0.2) is 97.1 Å². The summed E-state index contributed by atoms with van der Waals surface area (Å²) in [6.45, 7) is 1.09. The Kier molecular flexibility index (Phi) is 10.5. The SMILES string of the molecule is O=C(NCC1CN(CCCCC2(C(=O)NCC(F)(F)F)c3ccccc3-c3ccccc32)CCO1)c1ccccc1-c1ccc(C(F)(F)F)cc1. The molecule has 0 radical (unpaired) electrons. The minimum atomic E-state index is -4.55. The molecule has 1 fully saturated rings. The third-order valence-electron chi connectivity index (χ3n) is 9.59. The van der Waals surface area contributed by atoms with Crippen molar-refractivity contribution < 1.29 is 40.7 Å². The van der Waals surface area contributed by atoms with Gasteiger partial charge >= 0.3 is 12.4 Å². The molecule has 1 saturated heterocycles. The Morgan fingerprint density at radius 3 is 2.00 bits per heavy atom. The minimum Gasteiger partial charge on any atom is -0.374 e. The maximum absolute atomic E-state index is 13.7. The lowest BCUT2D eigenvalue weighted by Crippen LogP contribution is -2.48. The molecule has 12 heteroatoms. The Hall–Kier alpha value is -4.68. The summed E-state index contributed by atoms with van der Waals surface area (Å²) in [4.78, 5) is 29.2. The highest BCUT2D eigenvalue weighted by molar-refractivity contribution is 6.01. The topological polar surface area (TPSA) is 70.7 Å². The number of hydrogen-bond donors (Lipinski definition) is 2. The van der Waals surface area contributed by atoms with Gasteiger partial charge in [-0.1, -0.05) is 85.3 Å². The Bertz CT molecular complexity index is 1810. The molecule has 2 aliphatic rings. The molecule has 0 saturated carbocycles. The Balaban J connectivity index is 1.07. The van der Waals surface area contributed by atoms with Gasteiger partial charge in [-0.25, -0.2) is 0 Å². The van der Waals surface area contributed by atoms with Crippen LogP contribution in [0.4, 0.5) is 26.3 Å². The van der Waals surface area contributed by atoms with Crippen molar-refractivity contribution >= 4 is 11.8 Å². The van der Waals surface area contributed by atoms with Crippen molar-refractivity contribution in [3.8, 4) is 22.3 Å². The largest absolute Gasteiger partial charge is 0.416 e. The first-order chi connectivity index (χ1) is 24.4. The van der Waals surface area contributed by atoms with Crippen molar-refractivity contribution in [1.29, 1.82) is 0 Å². The summed E-state index contributed by atoms with van der Waals surface area (Å²) in [6, 6.07) is 26.1. The van der Waals surface area contributed by atoms with Gasteiger partial charge in [-0.15, -0.1) is 0 Å². The molecule has 6 nitrogen and oxygen atoms in total. The second-order valence-electron chi connectivity index (χ2n) is 12.9. The molecule has 4 aromatic rings. The van der Waals surface area contributed by atoms with Crippen LogP contribution in [0.5, 0.6) is 0 Å². The van der Waals surface area contributed by atoms with Gasteiger partial charge in [0.1, 0.15) is 12.0 Å². The summed E-state index contributed by atoms with van der Waals surface area (Å²) in [7, 11) is 0. The van der Waals surface area contributed by atoms with Crippen molar-refractivity contribution in [2.45, 2.75) is 43.1 Å². The minimum absolute atomic E-state index is 0.215. The monoisotopic (exact) mass is 709 g/mol. The summed E-state index contributed by atoms with van der Waals surface area (Å²) in [5.41, 5.74) is 2.38. The van der Waals surface area contributed by atoms with Crippen LogP contribution in [-0.4, -0.2) is 68.3 Å². The molecule has 1 aliphatic heterocycles. The molecule has 2 amide bonds. The molecule has 0 spiro atoms. The highest BCUT2D eigenvalue weighted by Crippen LogP contribution is 2.51. The third-order valence-corrected chi connectivity index (χ3v) is 9.59. The lowest BCUT2D eigenvalue weighted by molar-refractivity contribution is -0.141. The summed E-state index contributed by atoms with van der Waals surface area (Å²) in [5.74, 6) is -1.04. The molecule has 6 rings (SSSR count). The molecule has 1 unspecified atom stereocenters. The Morgan fingerprint density at radius 1 is 0.765 bits per heavy atom. The molecule has 0 aromatic heterocycles. The predicted octanol–water partition coefficient (Wildman–Crippen LogP) is 7.62. The lowest BCUT2D eigenvalue weighted by atomic mass is 9.73. The van der Waals surface area contributed by atoms with E-state index in [-0.39, 0.29) is 18.6 Å². The zero-order valence-corrected chi connectivity index (χ0v) is 27.6. The summed E-state index contributed by atoms with van der Waals surface area (Å²) < 4.78 is 84.7. The van der Waals surface area contributed by atoms with Crippen molar-refractivity contribution in [3.63, 3.8) is 0 Å². The molecule has 1 aliphatic carbocycles. The number of amides is 2. The van der Waals surface area contributed by atoms with E-state index in [2.05, 4.69) is 15.5 Å². The number of nitrogens with one attached hydrogen (secondary N) is 2. The lowest BCUT2D eigenvalue weighted by Gasteiger charge is -2.34. The van der Waals surface area contributed by atoms with Crippen LogP contribution >= 0.6 is 0 Å². The van der Waals surface area contributed by atoms with Gasteiger partial charge in [0.2, 0.25) is 5.91 Å². The highest BCUT2D eigenvalue weighted by atomic mass is 19.4. The zero-order chi connectivity index (χ0) is 36.2. The maximum Gasteiger partial charge on any atom is 0.416 e. The van der Waals surface area contributed by atoms with E-state index in [0.29, 0.717) is 73.3 Å². The van der Waals surface area contributed by atoms with E-state index >= 15 is 0 Å². The molecule has 1 atom stereocenters. The van der Waals surface area contributed by atoms with E-state index in [4.69, 9.17) is 4.74 Å². The number of hydrogen-bond acceptors (Lipinski definition) is 4. The molecular formula is C39H37F6N3O3. The number of morpholine rings is 1. The molecule has 51 heavy (non-hydrogen) atoms. The summed E-state index contributed by atoms with van der Waals surface area (Å²) in [6.07, 6.45) is -7.74. The molecule has 1 heterocycles. The summed E-state index contributed by atoms with van der Waals surface area (Å²) >= 11 is 0. The fourth-order valence-corrected chi connectivity index (χ4v) is 7.19. The van der Waals surface area contributed by atoms with Gasteiger partial charge < -0.3 is 15.4 Å². The van der Waals surface area contributed by atoms with Gasteiger partial charge in [0.05, 0.1) is 18.3 Å². The fraction of sp³-hybridized carbons (Fsp3) is 0.333. The van der Waals surface area contributed by atoms with Crippen LogP contribution < -0.4 is 10.6 Å². The third kappa shape index (κ3) is 7.97. The maximum atomic E-state index is 13.7. The second-order valence-corrected chi connectivity index (χ2v) is 12.9. The molecule has 2 N–H and O–H groups in total. The van der Waals surface area contributed by atoms with Crippen molar-refractivity contribution in [2.75, 3.05) is 39.3 Å². The Labute approximate surface area is 291 Å². The number of unbranched alkanes of at least 4 members (excludes halogenated alkanes) is 1. The van der Waals surface area contributed by atoms with Crippen LogP contribution in [0.2, 0.25) is 0 Å². The predicted molar refractivity (Wildman–Crippen MR) is 181 cm³/mol. The van der Waals surface area contributed by atoms with Gasteiger partial charge in [0.15, 0.2) is 0 Å². The number of rotatable bonds is 11. The van der Waals surface area contributed by atoms with Crippen LogP contribution in [0.3, 0.4) is 0 Å². The number of carbonyl (C=O) groups is 2. The first kappa shape index (κ1) is 36.1. The van der Waals surface area contributed by atoms with E-state index in [0.717, 1.165) is 23.3 Å². The fourth-order valence-electron chi connectivity index (χ4n) is 7.19. The second kappa shape index (κ2) is 14.9. The van der Waals surface area contributed by atoms with Crippen LogP contribution in [0.25, 0.3) is 22.3 Å². The van der Waals surface area contributed by atoms with Crippen LogP contribution in [0.1, 0.15) is 46.3 Å². The first-order valence-electron chi connectivity index (χ1n) is 16.8. The first-order valence-corrected chi connectivity index (χ1v) is 16.8. The van der Waals surface area contributed by atoms with E-state index in [1.165, 1.54) is 12.1 Å². The average molecular weight is 710 g/mol. The number of ether oxygens (including phenoxy) is 1. The van der Waals surface area contributed by atoms with Gasteiger partial charge in [-0.2, -0.15) is 26.3 Å². The van der Waals surface area contributed by atoms with Gasteiger partial charge in [0.25, 0.3) is 5.91 Å². The number of benzene rings is 4. The zero-order valence-electron chi connectivity index (χ0n) is 27.6. The van der Waals surface area contributed by atoms with Crippen molar-refractivity contribution in [3.05, 3.63) is 119 Å².